The van der Waals surface area contributed by atoms with E-state index in [4.69, 9.17) is 0 Å². The molecule has 0 aliphatic heterocycles. The minimum Gasteiger partial charge on any atom is -0.309 e. The summed E-state index contributed by atoms with van der Waals surface area (Å²) in [7, 11) is 1.78. The summed E-state index contributed by atoms with van der Waals surface area (Å²) in [4.78, 5) is 30.8. The third-order valence-corrected chi connectivity index (χ3v) is 3.56. The first-order valence-corrected chi connectivity index (χ1v) is 7.65. The van der Waals surface area contributed by atoms with E-state index >= 15 is 0 Å². The zero-order valence-electron chi connectivity index (χ0n) is 12.1. The van der Waals surface area contributed by atoms with Crippen LogP contribution in [0.15, 0.2) is 22.2 Å². The van der Waals surface area contributed by atoms with E-state index in [1.165, 1.54) is 11.8 Å². The SMILES string of the molecule is CSc1nc(C)c(CCC(=O)Nc2ccn(C)n2)c(=O)[nH]1. The number of aryl methyl sites for hydroxylation is 2. The number of aromatic nitrogens is 4. The number of nitrogens with zero attached hydrogens (tertiary/aromatic N) is 3. The number of thioether (sulfide) groups is 1. The highest BCUT2D eigenvalue weighted by atomic mass is 32.2. The number of anilines is 1. The Kier molecular flexibility index (Phi) is 4.79. The third-order valence-electron chi connectivity index (χ3n) is 2.98. The Morgan fingerprint density at radius 1 is 1.52 bits per heavy atom. The van der Waals surface area contributed by atoms with Crippen LogP contribution in [0.25, 0.3) is 0 Å². The molecule has 112 valence electrons. The number of amides is 1. The fraction of sp³-hybridized carbons (Fsp3) is 0.385. The number of hydrogen-bond acceptors (Lipinski definition) is 5. The largest absolute Gasteiger partial charge is 0.309 e. The summed E-state index contributed by atoms with van der Waals surface area (Å²) in [5.41, 5.74) is 1.02. The fourth-order valence-electron chi connectivity index (χ4n) is 1.90. The minimum absolute atomic E-state index is 0.179. The number of rotatable bonds is 5. The summed E-state index contributed by atoms with van der Waals surface area (Å²) < 4.78 is 1.61. The highest BCUT2D eigenvalue weighted by molar-refractivity contribution is 7.98. The number of aromatic amines is 1. The molecule has 0 spiro atoms. The van der Waals surface area contributed by atoms with Crippen LogP contribution in [0.4, 0.5) is 5.82 Å². The summed E-state index contributed by atoms with van der Waals surface area (Å²) in [6, 6.07) is 1.71. The highest BCUT2D eigenvalue weighted by Crippen LogP contribution is 2.10. The maximum absolute atomic E-state index is 11.9. The van der Waals surface area contributed by atoms with Gasteiger partial charge in [-0.05, 0) is 19.6 Å². The molecule has 0 bridgehead atoms. The van der Waals surface area contributed by atoms with Gasteiger partial charge in [-0.2, -0.15) is 5.10 Å². The molecule has 0 fully saturated rings. The van der Waals surface area contributed by atoms with Crippen LogP contribution in [0.5, 0.6) is 0 Å². The number of carbonyl (C=O) groups excluding carboxylic acids is 1. The van der Waals surface area contributed by atoms with Gasteiger partial charge in [0.1, 0.15) is 0 Å². The molecule has 0 aromatic carbocycles. The summed E-state index contributed by atoms with van der Waals surface area (Å²) in [6.45, 7) is 1.78. The second-order valence-electron chi connectivity index (χ2n) is 4.56. The van der Waals surface area contributed by atoms with Crippen molar-refractivity contribution < 1.29 is 4.79 Å². The average Bonchev–Trinajstić information content (AvgIpc) is 2.82. The van der Waals surface area contributed by atoms with Crippen LogP contribution in [0, 0.1) is 6.92 Å². The van der Waals surface area contributed by atoms with Crippen molar-refractivity contribution in [3.63, 3.8) is 0 Å². The lowest BCUT2D eigenvalue weighted by Crippen LogP contribution is -2.20. The maximum Gasteiger partial charge on any atom is 0.254 e. The van der Waals surface area contributed by atoms with Gasteiger partial charge in [-0.3, -0.25) is 14.3 Å². The number of carbonyl (C=O) groups is 1. The number of H-pyrrole nitrogens is 1. The lowest BCUT2D eigenvalue weighted by molar-refractivity contribution is -0.116. The van der Waals surface area contributed by atoms with Crippen molar-refractivity contribution in [3.8, 4) is 0 Å². The summed E-state index contributed by atoms with van der Waals surface area (Å²) in [5.74, 6) is 0.324. The van der Waals surface area contributed by atoms with Crippen molar-refractivity contribution in [2.45, 2.75) is 24.9 Å². The first-order chi connectivity index (χ1) is 9.99. The molecule has 2 heterocycles. The maximum atomic E-state index is 11.9. The van der Waals surface area contributed by atoms with E-state index < -0.39 is 0 Å². The Morgan fingerprint density at radius 2 is 2.29 bits per heavy atom. The lowest BCUT2D eigenvalue weighted by atomic mass is 10.1. The van der Waals surface area contributed by atoms with Gasteiger partial charge in [-0.15, -0.1) is 0 Å². The van der Waals surface area contributed by atoms with Gasteiger partial charge >= 0.3 is 0 Å². The Hall–Kier alpha value is -2.09. The summed E-state index contributed by atoms with van der Waals surface area (Å²) in [5, 5.41) is 7.33. The van der Waals surface area contributed by atoms with Crippen molar-refractivity contribution in [2.75, 3.05) is 11.6 Å². The van der Waals surface area contributed by atoms with Gasteiger partial charge in [-0.25, -0.2) is 4.98 Å². The van der Waals surface area contributed by atoms with Crippen molar-refractivity contribution in [1.29, 1.82) is 0 Å². The molecule has 0 aliphatic rings. The molecule has 2 aromatic heterocycles. The smallest absolute Gasteiger partial charge is 0.254 e. The van der Waals surface area contributed by atoms with Gasteiger partial charge in [-0.1, -0.05) is 11.8 Å². The van der Waals surface area contributed by atoms with E-state index in [2.05, 4.69) is 20.4 Å². The van der Waals surface area contributed by atoms with Crippen LogP contribution in [-0.2, 0) is 18.3 Å². The molecule has 0 aliphatic carbocycles. The molecule has 2 rings (SSSR count). The molecular weight excluding hydrogens is 290 g/mol. The van der Waals surface area contributed by atoms with Crippen LogP contribution >= 0.6 is 11.8 Å². The van der Waals surface area contributed by atoms with Crippen molar-refractivity contribution in [2.24, 2.45) is 7.05 Å². The molecule has 1 amide bonds. The molecule has 0 atom stereocenters. The molecule has 0 saturated carbocycles. The van der Waals surface area contributed by atoms with E-state index in [0.29, 0.717) is 28.7 Å². The molecule has 0 unspecified atom stereocenters. The van der Waals surface area contributed by atoms with Crippen molar-refractivity contribution in [3.05, 3.63) is 33.9 Å². The van der Waals surface area contributed by atoms with E-state index in [1.54, 1.807) is 30.9 Å². The van der Waals surface area contributed by atoms with Crippen LogP contribution < -0.4 is 10.9 Å². The third kappa shape index (κ3) is 3.94. The fourth-order valence-corrected chi connectivity index (χ4v) is 2.32. The zero-order chi connectivity index (χ0) is 15.4. The van der Waals surface area contributed by atoms with E-state index in [-0.39, 0.29) is 17.9 Å². The zero-order valence-corrected chi connectivity index (χ0v) is 13.0. The Bertz CT molecular complexity index is 707. The first-order valence-electron chi connectivity index (χ1n) is 6.43. The Labute approximate surface area is 126 Å². The summed E-state index contributed by atoms with van der Waals surface area (Å²) in [6.07, 6.45) is 4.15. The Balaban J connectivity index is 2.00. The van der Waals surface area contributed by atoms with Gasteiger partial charge in [0.25, 0.3) is 5.56 Å². The van der Waals surface area contributed by atoms with Gasteiger partial charge in [0.05, 0.1) is 0 Å². The van der Waals surface area contributed by atoms with Crippen molar-refractivity contribution in [1.82, 2.24) is 19.7 Å². The molecule has 21 heavy (non-hydrogen) atoms. The quantitative estimate of drug-likeness (QED) is 0.637. The van der Waals surface area contributed by atoms with Crippen molar-refractivity contribution >= 4 is 23.5 Å². The van der Waals surface area contributed by atoms with Crippen LogP contribution in [0.1, 0.15) is 17.7 Å². The molecule has 0 radical (unpaired) electrons. The average molecular weight is 307 g/mol. The standard InChI is InChI=1S/C13H17N5O2S/c1-8-9(12(20)16-13(14-8)21-3)4-5-11(19)15-10-6-7-18(2)17-10/h6-7H,4-5H2,1-3H3,(H,14,16,20)(H,15,17,19). The minimum atomic E-state index is -0.183. The summed E-state index contributed by atoms with van der Waals surface area (Å²) >= 11 is 1.38. The topological polar surface area (TPSA) is 92.7 Å². The molecular formula is C13H17N5O2S. The van der Waals surface area contributed by atoms with E-state index in [1.807, 2.05) is 6.26 Å². The van der Waals surface area contributed by atoms with Crippen LogP contribution in [-0.4, -0.2) is 31.9 Å². The highest BCUT2D eigenvalue weighted by Gasteiger charge is 2.11. The second-order valence-corrected chi connectivity index (χ2v) is 5.36. The predicted molar refractivity (Wildman–Crippen MR) is 81.5 cm³/mol. The predicted octanol–water partition coefficient (Wildman–Crippen LogP) is 1.11. The molecule has 7 nitrogen and oxygen atoms in total. The number of nitrogens with one attached hydrogen (secondary N) is 2. The Morgan fingerprint density at radius 3 is 2.86 bits per heavy atom. The van der Waals surface area contributed by atoms with Gasteiger partial charge in [0, 0.05) is 37.0 Å². The van der Waals surface area contributed by atoms with Gasteiger partial charge < -0.3 is 10.3 Å². The second kappa shape index (κ2) is 6.57. The van der Waals surface area contributed by atoms with E-state index in [0.717, 1.165) is 0 Å². The molecule has 0 saturated heterocycles. The molecule has 2 N–H and O–H groups in total. The lowest BCUT2D eigenvalue weighted by Gasteiger charge is -2.06. The first kappa shape index (κ1) is 15.3. The monoisotopic (exact) mass is 307 g/mol. The van der Waals surface area contributed by atoms with Crippen LogP contribution in [0.2, 0.25) is 0 Å². The molecule has 8 heteroatoms. The van der Waals surface area contributed by atoms with E-state index in [9.17, 15) is 9.59 Å². The van der Waals surface area contributed by atoms with Gasteiger partial charge in [0.2, 0.25) is 5.91 Å². The molecule has 2 aromatic rings. The van der Waals surface area contributed by atoms with Gasteiger partial charge in [0.15, 0.2) is 11.0 Å². The normalized spacial score (nSPS) is 10.6. The number of hydrogen-bond donors (Lipinski definition) is 2. The van der Waals surface area contributed by atoms with Crippen LogP contribution in [0.3, 0.4) is 0 Å².